The number of aromatic nitrogens is 6. The van der Waals surface area contributed by atoms with Gasteiger partial charge in [-0.15, -0.1) is 6.58 Å². The first-order chi connectivity index (χ1) is 20.9. The van der Waals surface area contributed by atoms with Crippen LogP contribution in [0.15, 0.2) is 89.2 Å². The number of rotatable bonds is 6. The maximum Gasteiger partial charge on any atom is 0.278 e. The summed E-state index contributed by atoms with van der Waals surface area (Å²) in [6.45, 7) is 8.06. The number of piperazine rings is 1. The van der Waals surface area contributed by atoms with Gasteiger partial charge in [0, 0.05) is 57.4 Å². The maximum absolute atomic E-state index is 13.4. The molecule has 6 heterocycles. The highest BCUT2D eigenvalue weighted by Crippen LogP contribution is 2.38. The van der Waals surface area contributed by atoms with Gasteiger partial charge in [-0.05, 0) is 43.4 Å². The topological polar surface area (TPSA) is 109 Å². The van der Waals surface area contributed by atoms with Crippen molar-refractivity contribution < 1.29 is 0 Å². The minimum Gasteiger partial charge on any atom is -0.371 e. The summed E-state index contributed by atoms with van der Waals surface area (Å²) in [6.07, 6.45) is 4.84. The SMILES string of the molecule is C=CCn1c(=O)c2cnc(Nc3ccc4c(c3)N3CCN(C)C[C@H]3CN4C)nc2n1-c1cccc(-n2ccccc2=O)n1. The molecule has 218 valence electrons. The molecule has 1 saturated heterocycles. The molecule has 5 aromatic rings. The molecule has 0 bridgehead atoms. The van der Waals surface area contributed by atoms with Crippen molar-refractivity contribution >= 4 is 34.0 Å². The molecular weight excluding hydrogens is 544 g/mol. The van der Waals surface area contributed by atoms with Crippen LogP contribution in [0.3, 0.4) is 0 Å². The van der Waals surface area contributed by atoms with E-state index in [0.29, 0.717) is 34.7 Å². The molecule has 1 fully saturated rings. The Balaban J connectivity index is 1.29. The van der Waals surface area contributed by atoms with Gasteiger partial charge in [0.1, 0.15) is 11.2 Å². The van der Waals surface area contributed by atoms with Crippen molar-refractivity contribution in [2.45, 2.75) is 12.6 Å². The lowest BCUT2D eigenvalue weighted by Crippen LogP contribution is -2.58. The molecule has 0 saturated carbocycles. The van der Waals surface area contributed by atoms with E-state index in [0.717, 1.165) is 31.9 Å². The number of pyridine rings is 2. The van der Waals surface area contributed by atoms with Crippen molar-refractivity contribution in [2.24, 2.45) is 0 Å². The van der Waals surface area contributed by atoms with Gasteiger partial charge in [-0.25, -0.2) is 19.3 Å². The van der Waals surface area contributed by atoms with Crippen molar-refractivity contribution in [1.82, 2.24) is 33.8 Å². The average molecular weight is 577 g/mol. The van der Waals surface area contributed by atoms with Gasteiger partial charge in [0.15, 0.2) is 11.5 Å². The number of anilines is 4. The molecule has 0 spiro atoms. The minimum absolute atomic E-state index is 0.207. The van der Waals surface area contributed by atoms with E-state index in [1.807, 2.05) is 6.07 Å². The Morgan fingerprint density at radius 1 is 0.977 bits per heavy atom. The fraction of sp³-hybridized carbons (Fsp3) is 0.258. The zero-order valence-electron chi connectivity index (χ0n) is 24.1. The molecule has 1 aromatic carbocycles. The lowest BCUT2D eigenvalue weighted by molar-refractivity contribution is 0.265. The zero-order valence-corrected chi connectivity index (χ0v) is 24.1. The second-order valence-electron chi connectivity index (χ2n) is 11.0. The quantitative estimate of drug-likeness (QED) is 0.305. The van der Waals surface area contributed by atoms with Crippen molar-refractivity contribution in [3.63, 3.8) is 0 Å². The Bertz CT molecular complexity index is 1980. The Morgan fingerprint density at radius 2 is 1.84 bits per heavy atom. The number of hydrogen-bond donors (Lipinski definition) is 1. The van der Waals surface area contributed by atoms with Crippen LogP contribution in [0, 0.1) is 0 Å². The second kappa shape index (κ2) is 10.6. The summed E-state index contributed by atoms with van der Waals surface area (Å²) in [4.78, 5) is 47.1. The molecule has 2 aliphatic heterocycles. The first-order valence-electron chi connectivity index (χ1n) is 14.2. The Kier molecular flexibility index (Phi) is 6.54. The summed E-state index contributed by atoms with van der Waals surface area (Å²) in [7, 11) is 4.31. The fourth-order valence-corrected chi connectivity index (χ4v) is 6.07. The Labute approximate surface area is 247 Å². The molecule has 1 atom stereocenters. The maximum atomic E-state index is 13.4. The summed E-state index contributed by atoms with van der Waals surface area (Å²) in [5.41, 5.74) is 3.16. The van der Waals surface area contributed by atoms with Gasteiger partial charge in [0.25, 0.3) is 11.1 Å². The molecule has 4 aromatic heterocycles. The van der Waals surface area contributed by atoms with Crippen LogP contribution in [0.4, 0.5) is 23.0 Å². The van der Waals surface area contributed by atoms with E-state index in [9.17, 15) is 9.59 Å². The third kappa shape index (κ3) is 4.65. The zero-order chi connectivity index (χ0) is 29.7. The van der Waals surface area contributed by atoms with Crippen molar-refractivity contribution in [2.75, 3.05) is 55.4 Å². The molecule has 1 N–H and O–H groups in total. The van der Waals surface area contributed by atoms with Crippen LogP contribution in [0.25, 0.3) is 22.7 Å². The van der Waals surface area contributed by atoms with E-state index in [1.165, 1.54) is 32.9 Å². The lowest BCUT2D eigenvalue weighted by Gasteiger charge is -2.48. The molecule has 12 heteroatoms. The highest BCUT2D eigenvalue weighted by Gasteiger charge is 2.33. The number of likely N-dealkylation sites (N-methyl/N-ethyl adjacent to an activating group) is 2. The summed E-state index contributed by atoms with van der Waals surface area (Å²) in [6, 6.07) is 17.0. The van der Waals surface area contributed by atoms with Crippen LogP contribution in [0.2, 0.25) is 0 Å². The number of benzene rings is 1. The number of hydrogen-bond acceptors (Lipinski definition) is 9. The Morgan fingerprint density at radius 3 is 2.67 bits per heavy atom. The number of nitrogens with one attached hydrogen (secondary N) is 1. The van der Waals surface area contributed by atoms with Gasteiger partial charge in [-0.2, -0.15) is 4.98 Å². The van der Waals surface area contributed by atoms with Crippen LogP contribution in [-0.2, 0) is 6.54 Å². The number of allylic oxidation sites excluding steroid dienone is 1. The van der Waals surface area contributed by atoms with Gasteiger partial charge in [-0.1, -0.05) is 18.2 Å². The van der Waals surface area contributed by atoms with E-state index >= 15 is 0 Å². The van der Waals surface area contributed by atoms with E-state index in [1.54, 1.807) is 47.3 Å². The molecule has 0 aliphatic carbocycles. The monoisotopic (exact) mass is 576 g/mol. The largest absolute Gasteiger partial charge is 0.371 e. The van der Waals surface area contributed by atoms with Gasteiger partial charge in [-0.3, -0.25) is 14.2 Å². The normalized spacial score (nSPS) is 16.7. The van der Waals surface area contributed by atoms with Crippen molar-refractivity contribution in [3.05, 3.63) is 100 Å². The summed E-state index contributed by atoms with van der Waals surface area (Å²) in [5, 5.41) is 3.71. The van der Waals surface area contributed by atoms with Crippen LogP contribution in [-0.4, -0.2) is 80.1 Å². The molecule has 7 rings (SSSR count). The summed E-state index contributed by atoms with van der Waals surface area (Å²) in [5.74, 6) is 1.22. The molecule has 12 nitrogen and oxygen atoms in total. The highest BCUT2D eigenvalue weighted by molar-refractivity contribution is 5.80. The van der Waals surface area contributed by atoms with E-state index in [2.05, 4.69) is 57.8 Å². The lowest BCUT2D eigenvalue weighted by atomic mass is 10.0. The molecule has 0 radical (unpaired) electrons. The van der Waals surface area contributed by atoms with E-state index < -0.39 is 0 Å². The van der Waals surface area contributed by atoms with Gasteiger partial charge in [0.05, 0.1) is 24.0 Å². The fourth-order valence-electron chi connectivity index (χ4n) is 6.07. The van der Waals surface area contributed by atoms with Gasteiger partial charge in [0.2, 0.25) is 5.95 Å². The first kappa shape index (κ1) is 26.7. The molecule has 2 aliphatic rings. The third-order valence-electron chi connectivity index (χ3n) is 8.11. The van der Waals surface area contributed by atoms with Gasteiger partial charge >= 0.3 is 0 Å². The molecule has 0 unspecified atom stereocenters. The second-order valence-corrected chi connectivity index (χ2v) is 11.0. The minimum atomic E-state index is -0.261. The summed E-state index contributed by atoms with van der Waals surface area (Å²) < 4.78 is 4.62. The van der Waals surface area contributed by atoms with Crippen molar-refractivity contribution in [1.29, 1.82) is 0 Å². The molecular formula is C31H32N10O2. The highest BCUT2D eigenvalue weighted by atomic mass is 16.1. The van der Waals surface area contributed by atoms with E-state index in [-0.39, 0.29) is 17.7 Å². The van der Waals surface area contributed by atoms with E-state index in [4.69, 9.17) is 9.97 Å². The van der Waals surface area contributed by atoms with Crippen LogP contribution >= 0.6 is 0 Å². The summed E-state index contributed by atoms with van der Waals surface area (Å²) >= 11 is 0. The van der Waals surface area contributed by atoms with Gasteiger partial charge < -0.3 is 20.0 Å². The molecule has 0 amide bonds. The Hall–Kier alpha value is -5.23. The number of nitrogens with zero attached hydrogens (tertiary/aromatic N) is 9. The first-order valence-corrected chi connectivity index (χ1v) is 14.2. The smallest absolute Gasteiger partial charge is 0.278 e. The third-order valence-corrected chi connectivity index (χ3v) is 8.11. The standard InChI is InChI=1S/C31H32N10O2/c1-4-13-40-30(43)23-18-32-31(33-21-11-12-24-25(17-21)38-16-15-36(2)19-22(38)20-37(24)3)35-29(23)41(40)27-9-7-8-26(34-27)39-14-6-5-10-28(39)42/h4-12,14,17-18,22H,1,13,15-16,19-20H2,2-3H3,(H,32,33,35)/t22-/m0/s1. The van der Waals surface area contributed by atoms with Crippen LogP contribution in [0.5, 0.6) is 0 Å². The molecule has 43 heavy (non-hydrogen) atoms. The van der Waals surface area contributed by atoms with Crippen molar-refractivity contribution in [3.8, 4) is 11.6 Å². The van der Waals surface area contributed by atoms with Crippen LogP contribution < -0.4 is 26.2 Å². The average Bonchev–Trinajstić information content (AvgIpc) is 3.28. The predicted octanol–water partition coefficient (Wildman–Crippen LogP) is 2.63. The van der Waals surface area contributed by atoms with Crippen LogP contribution in [0.1, 0.15) is 0 Å². The predicted molar refractivity (Wildman–Crippen MR) is 168 cm³/mol. The number of fused-ring (bicyclic) bond motifs is 4.